The molecule has 1 aromatic rings. The molecule has 4 heteroatoms. The molecule has 0 spiro atoms. The van der Waals surface area contributed by atoms with Crippen molar-refractivity contribution >= 4 is 0 Å². The zero-order valence-electron chi connectivity index (χ0n) is 7.28. The van der Waals surface area contributed by atoms with Crippen LogP contribution in [-0.4, -0.2) is 30.3 Å². The van der Waals surface area contributed by atoms with E-state index >= 15 is 0 Å². The fourth-order valence-corrected chi connectivity index (χ4v) is 0.672. The van der Waals surface area contributed by atoms with Gasteiger partial charge in [-0.25, -0.2) is 9.97 Å². The van der Waals surface area contributed by atoms with Crippen molar-refractivity contribution in [2.24, 2.45) is 0 Å². The third kappa shape index (κ3) is 2.84. The van der Waals surface area contributed by atoms with E-state index in [4.69, 9.17) is 9.47 Å². The first-order valence-electron chi connectivity index (χ1n) is 3.73. The van der Waals surface area contributed by atoms with Gasteiger partial charge in [0.25, 0.3) is 0 Å². The minimum absolute atomic E-state index is 0.401. The average molecular weight is 168 g/mol. The zero-order valence-corrected chi connectivity index (χ0v) is 7.28. The number of nitrogens with zero attached hydrogens (tertiary/aromatic N) is 2. The van der Waals surface area contributed by atoms with Crippen molar-refractivity contribution in [2.75, 3.05) is 20.3 Å². The van der Waals surface area contributed by atoms with E-state index in [9.17, 15) is 0 Å². The second-order valence-electron chi connectivity index (χ2n) is 2.38. The van der Waals surface area contributed by atoms with Crippen molar-refractivity contribution in [3.63, 3.8) is 0 Å². The Labute approximate surface area is 71.6 Å². The van der Waals surface area contributed by atoms with Crippen LogP contribution in [0.2, 0.25) is 0 Å². The van der Waals surface area contributed by atoms with Gasteiger partial charge in [0.05, 0.1) is 6.61 Å². The van der Waals surface area contributed by atoms with E-state index in [-0.39, 0.29) is 0 Å². The van der Waals surface area contributed by atoms with Crippen LogP contribution in [-0.2, 0) is 4.74 Å². The lowest BCUT2D eigenvalue weighted by atomic mass is 10.4. The first-order chi connectivity index (χ1) is 5.83. The molecule has 0 aromatic carbocycles. The van der Waals surface area contributed by atoms with Gasteiger partial charge in [0, 0.05) is 19.5 Å². The normalized spacial score (nSPS) is 9.83. The summed E-state index contributed by atoms with van der Waals surface area (Å²) in [5.41, 5.74) is 1.02. The molecule has 66 valence electrons. The minimum atomic E-state index is 0.401. The highest BCUT2D eigenvalue weighted by Crippen LogP contribution is 2.00. The lowest BCUT2D eigenvalue weighted by Gasteiger charge is -2.02. The summed E-state index contributed by atoms with van der Waals surface area (Å²) in [5, 5.41) is 0. The van der Waals surface area contributed by atoms with E-state index in [1.165, 1.54) is 0 Å². The maximum absolute atomic E-state index is 5.15. The van der Waals surface area contributed by atoms with Crippen LogP contribution in [0.15, 0.2) is 12.4 Å². The molecule has 0 N–H and O–H groups in total. The van der Waals surface area contributed by atoms with E-state index in [1.54, 1.807) is 19.5 Å². The van der Waals surface area contributed by atoms with Crippen LogP contribution in [0.5, 0.6) is 6.01 Å². The van der Waals surface area contributed by atoms with Crippen molar-refractivity contribution < 1.29 is 9.47 Å². The topological polar surface area (TPSA) is 44.2 Å². The van der Waals surface area contributed by atoms with Crippen molar-refractivity contribution in [2.45, 2.75) is 6.92 Å². The number of aromatic nitrogens is 2. The van der Waals surface area contributed by atoms with Crippen molar-refractivity contribution in [3.05, 3.63) is 18.0 Å². The molecule has 4 nitrogen and oxygen atoms in total. The van der Waals surface area contributed by atoms with Crippen molar-refractivity contribution in [1.29, 1.82) is 0 Å². The Morgan fingerprint density at radius 3 is 2.50 bits per heavy atom. The molecule has 0 unspecified atom stereocenters. The summed E-state index contributed by atoms with van der Waals surface area (Å²) in [6, 6.07) is 0.401. The zero-order chi connectivity index (χ0) is 8.81. The summed E-state index contributed by atoms with van der Waals surface area (Å²) < 4.78 is 9.96. The molecule has 0 radical (unpaired) electrons. The molecule has 0 aliphatic heterocycles. The molecule has 0 amide bonds. The van der Waals surface area contributed by atoms with Gasteiger partial charge in [-0.2, -0.15) is 0 Å². The molecule has 1 heterocycles. The quantitative estimate of drug-likeness (QED) is 0.624. The number of hydrogen-bond donors (Lipinski definition) is 0. The van der Waals surface area contributed by atoms with Gasteiger partial charge >= 0.3 is 6.01 Å². The van der Waals surface area contributed by atoms with Crippen LogP contribution in [0.1, 0.15) is 5.56 Å². The summed E-state index contributed by atoms with van der Waals surface area (Å²) >= 11 is 0. The molecular formula is C8H12N2O2. The fourth-order valence-electron chi connectivity index (χ4n) is 0.672. The molecule has 1 aromatic heterocycles. The lowest BCUT2D eigenvalue weighted by molar-refractivity contribution is 0.141. The van der Waals surface area contributed by atoms with Crippen LogP contribution in [0.3, 0.4) is 0 Å². The highest BCUT2D eigenvalue weighted by molar-refractivity contribution is 5.04. The minimum Gasteiger partial charge on any atom is -0.461 e. The van der Waals surface area contributed by atoms with E-state index < -0.39 is 0 Å². The highest BCUT2D eigenvalue weighted by Gasteiger charge is 1.94. The summed E-state index contributed by atoms with van der Waals surface area (Å²) in [6.07, 6.45) is 3.43. The number of methoxy groups -OCH3 is 1. The van der Waals surface area contributed by atoms with Gasteiger partial charge in [0.2, 0.25) is 0 Å². The second-order valence-corrected chi connectivity index (χ2v) is 2.38. The maximum Gasteiger partial charge on any atom is 0.316 e. The maximum atomic E-state index is 5.15. The van der Waals surface area contributed by atoms with Crippen molar-refractivity contribution in [1.82, 2.24) is 9.97 Å². The van der Waals surface area contributed by atoms with Gasteiger partial charge in [-0.15, -0.1) is 0 Å². The Hall–Kier alpha value is -1.16. The molecule has 0 saturated carbocycles. The largest absolute Gasteiger partial charge is 0.461 e. The van der Waals surface area contributed by atoms with Crippen molar-refractivity contribution in [3.8, 4) is 6.01 Å². The van der Waals surface area contributed by atoms with Crippen LogP contribution in [0.25, 0.3) is 0 Å². The van der Waals surface area contributed by atoms with Crippen LogP contribution in [0.4, 0.5) is 0 Å². The molecule has 0 aliphatic rings. The highest BCUT2D eigenvalue weighted by atomic mass is 16.5. The Morgan fingerprint density at radius 2 is 1.92 bits per heavy atom. The molecule has 0 bridgehead atoms. The molecular weight excluding hydrogens is 156 g/mol. The summed E-state index contributed by atoms with van der Waals surface area (Å²) in [4.78, 5) is 7.92. The Bertz CT molecular complexity index is 223. The van der Waals surface area contributed by atoms with Gasteiger partial charge < -0.3 is 9.47 Å². The molecule has 0 saturated heterocycles. The SMILES string of the molecule is COCCOc1ncc(C)cn1. The Kier molecular flexibility index (Phi) is 3.47. The van der Waals surface area contributed by atoms with Gasteiger partial charge in [0.1, 0.15) is 6.61 Å². The molecule has 0 aliphatic carbocycles. The molecule has 12 heavy (non-hydrogen) atoms. The van der Waals surface area contributed by atoms with Crippen LogP contribution in [0, 0.1) is 6.92 Å². The number of ether oxygens (including phenoxy) is 2. The van der Waals surface area contributed by atoms with Gasteiger partial charge in [-0.3, -0.25) is 0 Å². The van der Waals surface area contributed by atoms with E-state index in [2.05, 4.69) is 9.97 Å². The first kappa shape index (κ1) is 8.93. The second kappa shape index (κ2) is 4.66. The first-order valence-corrected chi connectivity index (χ1v) is 3.73. The predicted octanol–water partition coefficient (Wildman–Crippen LogP) is 0.810. The molecule has 0 fully saturated rings. The third-order valence-corrected chi connectivity index (χ3v) is 1.28. The third-order valence-electron chi connectivity index (χ3n) is 1.28. The van der Waals surface area contributed by atoms with E-state index in [0.717, 1.165) is 5.56 Å². The van der Waals surface area contributed by atoms with Gasteiger partial charge in [-0.1, -0.05) is 0 Å². The van der Waals surface area contributed by atoms with Crippen LogP contribution < -0.4 is 4.74 Å². The van der Waals surface area contributed by atoms with Crippen LogP contribution >= 0.6 is 0 Å². The standard InChI is InChI=1S/C8H12N2O2/c1-7-5-9-8(10-6-7)12-4-3-11-2/h5-6H,3-4H2,1-2H3. The summed E-state index contributed by atoms with van der Waals surface area (Å²) in [6.45, 7) is 2.97. The van der Waals surface area contributed by atoms with Gasteiger partial charge in [0.15, 0.2) is 0 Å². The number of aryl methyl sites for hydroxylation is 1. The predicted molar refractivity (Wildman–Crippen MR) is 44.1 cm³/mol. The van der Waals surface area contributed by atoms with E-state index in [0.29, 0.717) is 19.2 Å². The fraction of sp³-hybridized carbons (Fsp3) is 0.500. The molecule has 0 atom stereocenters. The Balaban J connectivity index is 2.37. The van der Waals surface area contributed by atoms with Gasteiger partial charge in [-0.05, 0) is 12.5 Å². The monoisotopic (exact) mass is 168 g/mol. The number of rotatable bonds is 4. The summed E-state index contributed by atoms with van der Waals surface area (Å²) in [7, 11) is 1.62. The smallest absolute Gasteiger partial charge is 0.316 e. The van der Waals surface area contributed by atoms with E-state index in [1.807, 2.05) is 6.92 Å². The average Bonchev–Trinajstić information content (AvgIpc) is 2.09. The Morgan fingerprint density at radius 1 is 1.25 bits per heavy atom. The lowest BCUT2D eigenvalue weighted by Crippen LogP contribution is -2.06. The molecule has 1 rings (SSSR count). The number of hydrogen-bond acceptors (Lipinski definition) is 4. The summed E-state index contributed by atoms with van der Waals surface area (Å²) in [5.74, 6) is 0.